The lowest BCUT2D eigenvalue weighted by molar-refractivity contribution is -0.283. The van der Waals surface area contributed by atoms with E-state index < -0.39 is 37.1 Å². The van der Waals surface area contributed by atoms with Gasteiger partial charge >= 0.3 is 0 Å². The predicted molar refractivity (Wildman–Crippen MR) is 62.0 cm³/mol. The summed E-state index contributed by atoms with van der Waals surface area (Å²) < 4.78 is 10.3. The van der Waals surface area contributed by atoms with Gasteiger partial charge in [-0.25, -0.2) is 0 Å². The van der Waals surface area contributed by atoms with E-state index in [9.17, 15) is 19.8 Å². The quantitative estimate of drug-likeness (QED) is 0.310. The predicted octanol–water partition coefficient (Wildman–Crippen LogP) is -2.61. The molecule has 1 saturated heterocycles. The summed E-state index contributed by atoms with van der Waals surface area (Å²) in [7, 11) is 0. The van der Waals surface area contributed by atoms with E-state index in [-0.39, 0.29) is 19.1 Å². The summed E-state index contributed by atoms with van der Waals surface area (Å²) in [4.78, 5) is 21.5. The van der Waals surface area contributed by atoms with Crippen LogP contribution in [0.2, 0.25) is 0 Å². The van der Waals surface area contributed by atoms with Crippen molar-refractivity contribution in [2.45, 2.75) is 31.5 Å². The van der Waals surface area contributed by atoms with Crippen LogP contribution < -0.4 is 5.32 Å². The van der Waals surface area contributed by atoms with E-state index in [1.54, 1.807) is 0 Å². The molecule has 0 spiro atoms. The molecule has 1 aliphatic rings. The van der Waals surface area contributed by atoms with Crippen LogP contribution in [0.1, 0.15) is 6.92 Å². The van der Waals surface area contributed by atoms with E-state index in [0.717, 1.165) is 0 Å². The second-order valence-electron chi connectivity index (χ2n) is 4.27. The van der Waals surface area contributed by atoms with Crippen LogP contribution in [0.3, 0.4) is 0 Å². The van der Waals surface area contributed by atoms with Gasteiger partial charge in [0.05, 0.1) is 25.2 Å². The molecule has 0 aromatic rings. The molecule has 1 heterocycles. The smallest absolute Gasteiger partial charge is 0.216 e. The van der Waals surface area contributed by atoms with Crippen LogP contribution in [0.5, 0.6) is 0 Å². The highest BCUT2D eigenvalue weighted by atomic mass is 16.7. The van der Waals surface area contributed by atoms with Crippen LogP contribution in [0.4, 0.5) is 0 Å². The molecule has 4 N–H and O–H groups in total. The number of aliphatic hydroxyl groups excluding tert-OH is 3. The summed E-state index contributed by atoms with van der Waals surface area (Å²) in [5.41, 5.74) is 0. The number of aliphatic hydroxyl groups is 3. The van der Waals surface area contributed by atoms with E-state index in [1.807, 2.05) is 0 Å². The van der Waals surface area contributed by atoms with Crippen molar-refractivity contribution in [3.8, 4) is 0 Å². The van der Waals surface area contributed by atoms with E-state index in [0.29, 0.717) is 6.29 Å². The summed E-state index contributed by atoms with van der Waals surface area (Å²) in [6.45, 7) is 1.15. The van der Waals surface area contributed by atoms with E-state index in [4.69, 9.17) is 14.6 Å². The number of aldehydes is 1. The Bertz CT molecular complexity index is 311. The minimum atomic E-state index is -1.33. The van der Waals surface area contributed by atoms with Gasteiger partial charge in [-0.05, 0) is 0 Å². The van der Waals surface area contributed by atoms with Gasteiger partial charge in [-0.1, -0.05) is 0 Å². The Balaban J connectivity index is 2.51. The first kappa shape index (κ1) is 16.0. The Morgan fingerprint density at radius 1 is 1.42 bits per heavy atom. The number of nitrogens with one attached hydrogen (secondary N) is 1. The van der Waals surface area contributed by atoms with Crippen molar-refractivity contribution in [2.24, 2.45) is 5.92 Å². The second kappa shape index (κ2) is 7.51. The van der Waals surface area contributed by atoms with Crippen LogP contribution in [0, 0.1) is 5.92 Å². The highest BCUT2D eigenvalue weighted by Gasteiger charge is 2.44. The van der Waals surface area contributed by atoms with Crippen LogP contribution in [0.15, 0.2) is 0 Å². The average molecular weight is 277 g/mol. The van der Waals surface area contributed by atoms with Crippen molar-refractivity contribution in [1.29, 1.82) is 0 Å². The van der Waals surface area contributed by atoms with Gasteiger partial charge in [0.2, 0.25) is 5.91 Å². The first-order valence-electron chi connectivity index (χ1n) is 5.95. The summed E-state index contributed by atoms with van der Waals surface area (Å²) in [6, 6.07) is 0. The second-order valence-corrected chi connectivity index (χ2v) is 4.27. The Morgan fingerprint density at radius 3 is 2.63 bits per heavy atom. The molecule has 0 aromatic carbocycles. The van der Waals surface area contributed by atoms with Gasteiger partial charge in [0, 0.05) is 13.5 Å². The molecule has 0 unspecified atom stereocenters. The SMILES string of the molecule is CC(=O)NCCO[C@H]1O[C@H](CO)[C@@H](O)[C@H](C=O)[C@@H]1O. The lowest BCUT2D eigenvalue weighted by Gasteiger charge is -2.39. The normalized spacial score (nSPS) is 34.8. The van der Waals surface area contributed by atoms with Gasteiger partial charge in [-0.15, -0.1) is 0 Å². The average Bonchev–Trinajstić information content (AvgIpc) is 2.37. The van der Waals surface area contributed by atoms with Gasteiger partial charge in [-0.2, -0.15) is 0 Å². The molecule has 5 atom stereocenters. The van der Waals surface area contributed by atoms with Crippen LogP contribution in [0.25, 0.3) is 0 Å². The van der Waals surface area contributed by atoms with Crippen LogP contribution in [-0.2, 0) is 19.1 Å². The lowest BCUT2D eigenvalue weighted by Crippen LogP contribution is -2.56. The summed E-state index contributed by atoms with van der Waals surface area (Å²) in [5, 5.41) is 31.0. The summed E-state index contributed by atoms with van der Waals surface area (Å²) in [6.07, 6.45) is -4.33. The molecule has 0 radical (unpaired) electrons. The zero-order valence-corrected chi connectivity index (χ0v) is 10.6. The van der Waals surface area contributed by atoms with E-state index in [2.05, 4.69) is 5.32 Å². The molecular weight excluding hydrogens is 258 g/mol. The standard InChI is InChI=1S/C11H19NO7/c1-6(15)12-2-3-18-11-10(17)7(4-13)9(16)8(5-14)19-11/h4,7-11,14,16-17H,2-3,5H2,1H3,(H,12,15)/t7-,8+,9-,10-,11-/m0/s1. The Kier molecular flexibility index (Phi) is 6.32. The largest absolute Gasteiger partial charge is 0.394 e. The van der Waals surface area contributed by atoms with Crippen LogP contribution in [-0.4, -0.2) is 71.9 Å². The first-order chi connectivity index (χ1) is 9.01. The zero-order chi connectivity index (χ0) is 14.4. The highest BCUT2D eigenvalue weighted by molar-refractivity contribution is 5.72. The summed E-state index contributed by atoms with van der Waals surface area (Å²) in [5.74, 6) is -1.31. The molecular formula is C11H19NO7. The van der Waals surface area contributed by atoms with Crippen molar-refractivity contribution in [3.05, 3.63) is 0 Å². The molecule has 19 heavy (non-hydrogen) atoms. The van der Waals surface area contributed by atoms with E-state index in [1.165, 1.54) is 6.92 Å². The molecule has 0 saturated carbocycles. The van der Waals surface area contributed by atoms with Gasteiger partial charge in [-0.3, -0.25) is 4.79 Å². The van der Waals surface area contributed by atoms with Crippen molar-refractivity contribution < 1.29 is 34.4 Å². The third kappa shape index (κ3) is 4.22. The highest BCUT2D eigenvalue weighted by Crippen LogP contribution is 2.25. The Hall–Kier alpha value is -1.06. The molecule has 0 bridgehead atoms. The fraction of sp³-hybridized carbons (Fsp3) is 0.818. The molecule has 0 aliphatic carbocycles. The maximum absolute atomic E-state index is 10.8. The van der Waals surface area contributed by atoms with Crippen molar-refractivity contribution >= 4 is 12.2 Å². The number of hydrogen-bond acceptors (Lipinski definition) is 7. The number of hydrogen-bond donors (Lipinski definition) is 4. The minimum Gasteiger partial charge on any atom is -0.394 e. The number of amides is 1. The zero-order valence-electron chi connectivity index (χ0n) is 10.6. The Morgan fingerprint density at radius 2 is 2.11 bits per heavy atom. The molecule has 0 aromatic heterocycles. The maximum Gasteiger partial charge on any atom is 0.216 e. The molecule has 1 amide bonds. The lowest BCUT2D eigenvalue weighted by atomic mass is 9.90. The fourth-order valence-electron chi connectivity index (χ4n) is 1.82. The fourth-order valence-corrected chi connectivity index (χ4v) is 1.82. The number of ether oxygens (including phenoxy) is 2. The third-order valence-electron chi connectivity index (χ3n) is 2.85. The number of rotatable bonds is 6. The van der Waals surface area contributed by atoms with Crippen molar-refractivity contribution in [3.63, 3.8) is 0 Å². The molecule has 8 heteroatoms. The van der Waals surface area contributed by atoms with Gasteiger partial charge in [0.1, 0.15) is 18.5 Å². The Labute approximate surface area is 110 Å². The first-order valence-corrected chi connectivity index (χ1v) is 5.95. The van der Waals surface area contributed by atoms with Crippen LogP contribution >= 0.6 is 0 Å². The minimum absolute atomic E-state index is 0.0706. The maximum atomic E-state index is 10.8. The molecule has 110 valence electrons. The molecule has 1 rings (SSSR count). The molecule has 8 nitrogen and oxygen atoms in total. The topological polar surface area (TPSA) is 125 Å². The van der Waals surface area contributed by atoms with Crippen molar-refractivity contribution in [1.82, 2.24) is 5.32 Å². The van der Waals surface area contributed by atoms with Gasteiger partial charge in [0.15, 0.2) is 6.29 Å². The number of carbonyl (C=O) groups excluding carboxylic acids is 2. The summed E-state index contributed by atoms with van der Waals surface area (Å²) >= 11 is 0. The van der Waals surface area contributed by atoms with E-state index >= 15 is 0 Å². The molecule has 1 aliphatic heterocycles. The van der Waals surface area contributed by atoms with Gasteiger partial charge in [0.25, 0.3) is 0 Å². The van der Waals surface area contributed by atoms with Gasteiger partial charge < -0.3 is 34.9 Å². The monoisotopic (exact) mass is 277 g/mol. The number of carbonyl (C=O) groups is 2. The van der Waals surface area contributed by atoms with Crippen molar-refractivity contribution in [2.75, 3.05) is 19.8 Å². The molecule has 1 fully saturated rings. The third-order valence-corrected chi connectivity index (χ3v) is 2.85.